The summed E-state index contributed by atoms with van der Waals surface area (Å²) in [6.07, 6.45) is 3.42. The number of nitrogens with zero attached hydrogens (tertiary/aromatic N) is 1. The second-order valence-electron chi connectivity index (χ2n) is 5.83. The van der Waals surface area contributed by atoms with Crippen LogP contribution < -0.4 is 25.0 Å². The zero-order chi connectivity index (χ0) is 18.7. The van der Waals surface area contributed by atoms with Crippen molar-refractivity contribution in [3.63, 3.8) is 0 Å². The normalized spacial score (nSPS) is 15.6. The molecule has 1 unspecified atom stereocenters. The molecule has 0 saturated carbocycles. The molecule has 0 aromatic heterocycles. The first-order valence-electron chi connectivity index (χ1n) is 8.11. The summed E-state index contributed by atoms with van der Waals surface area (Å²) in [7, 11) is 4.72. The van der Waals surface area contributed by atoms with Crippen LogP contribution in [0.25, 0.3) is 0 Å². The fourth-order valence-corrected chi connectivity index (χ4v) is 2.81. The average Bonchev–Trinajstić information content (AvgIpc) is 3.11. The van der Waals surface area contributed by atoms with Crippen LogP contribution in [0.1, 0.15) is 17.3 Å². The van der Waals surface area contributed by atoms with Gasteiger partial charge >= 0.3 is 0 Å². The summed E-state index contributed by atoms with van der Waals surface area (Å²) in [4.78, 5) is 0. The third-order valence-corrected chi connectivity index (χ3v) is 4.20. The minimum absolute atomic E-state index is 0.229. The van der Waals surface area contributed by atoms with Crippen LogP contribution in [-0.4, -0.2) is 26.3 Å². The van der Waals surface area contributed by atoms with Crippen molar-refractivity contribution in [2.45, 2.75) is 13.1 Å². The Morgan fingerprint density at radius 3 is 2.31 bits per heavy atom. The van der Waals surface area contributed by atoms with E-state index in [1.165, 1.54) is 6.07 Å². The lowest BCUT2D eigenvalue weighted by molar-refractivity contribution is 0.312. The molecule has 2 aromatic rings. The molecular weight excluding hydrogens is 337 g/mol. The Kier molecular flexibility index (Phi) is 5.06. The number of hydrazine groups is 1. The molecule has 0 spiro atoms. The first-order valence-corrected chi connectivity index (χ1v) is 8.11. The van der Waals surface area contributed by atoms with Gasteiger partial charge in [-0.25, -0.2) is 4.39 Å². The lowest BCUT2D eigenvalue weighted by Crippen LogP contribution is -2.31. The molecular formula is C19H22FN3O3. The summed E-state index contributed by atoms with van der Waals surface area (Å²) < 4.78 is 30.0. The molecule has 3 rings (SSSR count). The Bertz CT molecular complexity index is 801. The molecule has 1 aliphatic heterocycles. The first-order chi connectivity index (χ1) is 12.6. The van der Waals surface area contributed by atoms with Gasteiger partial charge in [0.2, 0.25) is 5.75 Å². The number of benzene rings is 2. The Morgan fingerprint density at radius 1 is 1.04 bits per heavy atom. The minimum Gasteiger partial charge on any atom is -0.493 e. The lowest BCUT2D eigenvalue weighted by atomic mass is 10.1. The number of anilines is 1. The number of methoxy groups -OCH3 is 3. The quantitative estimate of drug-likeness (QED) is 0.823. The van der Waals surface area contributed by atoms with Crippen LogP contribution in [0.5, 0.6) is 17.2 Å². The van der Waals surface area contributed by atoms with E-state index in [0.717, 1.165) is 5.56 Å². The van der Waals surface area contributed by atoms with E-state index in [4.69, 9.17) is 14.2 Å². The third-order valence-electron chi connectivity index (χ3n) is 4.20. The molecule has 138 valence electrons. The van der Waals surface area contributed by atoms with E-state index < -0.39 is 0 Å². The zero-order valence-electron chi connectivity index (χ0n) is 15.2. The Morgan fingerprint density at radius 2 is 1.73 bits per heavy atom. The van der Waals surface area contributed by atoms with Gasteiger partial charge in [0.25, 0.3) is 0 Å². The molecule has 0 radical (unpaired) electrons. The fraction of sp³-hybridized carbons (Fsp3) is 0.263. The lowest BCUT2D eigenvalue weighted by Gasteiger charge is -2.28. The fourth-order valence-electron chi connectivity index (χ4n) is 2.81. The van der Waals surface area contributed by atoms with Crippen LogP contribution in [0.15, 0.2) is 42.7 Å². The van der Waals surface area contributed by atoms with Gasteiger partial charge < -0.3 is 19.5 Å². The highest BCUT2D eigenvalue weighted by molar-refractivity contribution is 5.55. The summed E-state index contributed by atoms with van der Waals surface area (Å²) in [5.41, 5.74) is 5.34. The van der Waals surface area contributed by atoms with Crippen molar-refractivity contribution < 1.29 is 18.6 Å². The van der Waals surface area contributed by atoms with Crippen LogP contribution in [0.4, 0.5) is 10.1 Å². The molecule has 0 amide bonds. The maximum Gasteiger partial charge on any atom is 0.203 e. The van der Waals surface area contributed by atoms with Crippen molar-refractivity contribution in [2.75, 3.05) is 26.8 Å². The molecule has 6 nitrogen and oxygen atoms in total. The van der Waals surface area contributed by atoms with Gasteiger partial charge in [0.15, 0.2) is 11.5 Å². The zero-order valence-corrected chi connectivity index (χ0v) is 15.2. The Hall–Kier alpha value is -3.09. The van der Waals surface area contributed by atoms with Gasteiger partial charge in [0.05, 0.1) is 27.0 Å². The van der Waals surface area contributed by atoms with Crippen LogP contribution in [0, 0.1) is 12.7 Å². The highest BCUT2D eigenvalue weighted by Gasteiger charge is 2.24. The highest BCUT2D eigenvalue weighted by atomic mass is 19.1. The van der Waals surface area contributed by atoms with E-state index in [2.05, 4.69) is 10.7 Å². The molecule has 0 fully saturated rings. The highest BCUT2D eigenvalue weighted by Crippen LogP contribution is 2.40. The predicted molar refractivity (Wildman–Crippen MR) is 97.7 cm³/mol. The monoisotopic (exact) mass is 359 g/mol. The van der Waals surface area contributed by atoms with E-state index in [1.807, 2.05) is 35.6 Å². The van der Waals surface area contributed by atoms with Gasteiger partial charge in [0, 0.05) is 18.0 Å². The first kappa shape index (κ1) is 17.7. The summed E-state index contributed by atoms with van der Waals surface area (Å²) in [6, 6.07) is 8.77. The second-order valence-corrected chi connectivity index (χ2v) is 5.83. The molecule has 26 heavy (non-hydrogen) atoms. The van der Waals surface area contributed by atoms with Crippen molar-refractivity contribution in [2.24, 2.45) is 0 Å². The number of hydrogen-bond donors (Lipinski definition) is 2. The molecule has 2 N–H and O–H groups in total. The third kappa shape index (κ3) is 3.33. The number of aryl methyl sites for hydroxylation is 1. The van der Waals surface area contributed by atoms with Crippen molar-refractivity contribution in [1.82, 2.24) is 10.3 Å². The van der Waals surface area contributed by atoms with E-state index in [0.29, 0.717) is 28.5 Å². The van der Waals surface area contributed by atoms with Gasteiger partial charge in [0.1, 0.15) is 12.0 Å². The van der Waals surface area contributed by atoms with Gasteiger partial charge in [-0.3, -0.25) is 10.4 Å². The smallest absolute Gasteiger partial charge is 0.203 e. The van der Waals surface area contributed by atoms with E-state index in [1.54, 1.807) is 34.3 Å². The predicted octanol–water partition coefficient (Wildman–Crippen LogP) is 3.56. The minimum atomic E-state index is -0.254. The van der Waals surface area contributed by atoms with Crippen molar-refractivity contribution in [3.05, 3.63) is 59.7 Å². The summed E-state index contributed by atoms with van der Waals surface area (Å²) in [5, 5.41) is 5.08. The molecule has 2 aromatic carbocycles. The number of ether oxygens (including phenoxy) is 3. The van der Waals surface area contributed by atoms with E-state index >= 15 is 0 Å². The van der Waals surface area contributed by atoms with Gasteiger partial charge in [-0.2, -0.15) is 0 Å². The Labute approximate surface area is 152 Å². The van der Waals surface area contributed by atoms with Crippen molar-refractivity contribution in [3.8, 4) is 17.2 Å². The van der Waals surface area contributed by atoms with Crippen molar-refractivity contribution in [1.29, 1.82) is 0 Å². The van der Waals surface area contributed by atoms with Gasteiger partial charge in [-0.05, 0) is 36.8 Å². The van der Waals surface area contributed by atoms with Gasteiger partial charge in [-0.1, -0.05) is 6.07 Å². The molecule has 1 heterocycles. The summed E-state index contributed by atoms with van der Waals surface area (Å²) >= 11 is 0. The maximum atomic E-state index is 13.8. The van der Waals surface area contributed by atoms with Gasteiger partial charge in [-0.15, -0.1) is 0 Å². The molecule has 0 bridgehead atoms. The number of nitrogens with one attached hydrogen (secondary N) is 2. The standard InChI is InChI=1S/C19H22FN3O3/c1-12-5-6-14(11-15(12)20)22-23-8-7-21-19(23)13-9-16(24-2)18(26-4)17(10-13)25-3/h5-11,19,21-22H,1-4H3. The molecule has 7 heteroatoms. The van der Waals surface area contributed by atoms with Crippen LogP contribution in [0.3, 0.4) is 0 Å². The largest absolute Gasteiger partial charge is 0.493 e. The average molecular weight is 359 g/mol. The van der Waals surface area contributed by atoms with Crippen LogP contribution in [0.2, 0.25) is 0 Å². The topological polar surface area (TPSA) is 55.0 Å². The van der Waals surface area contributed by atoms with E-state index in [9.17, 15) is 4.39 Å². The van der Waals surface area contributed by atoms with Crippen LogP contribution in [-0.2, 0) is 0 Å². The number of halogens is 1. The van der Waals surface area contributed by atoms with E-state index in [-0.39, 0.29) is 12.0 Å². The SMILES string of the molecule is COc1cc(C2NC=CN2Nc2ccc(C)c(F)c2)cc(OC)c1OC. The van der Waals surface area contributed by atoms with Crippen LogP contribution >= 0.6 is 0 Å². The summed E-state index contributed by atoms with van der Waals surface area (Å²) in [6.45, 7) is 1.73. The second kappa shape index (κ2) is 7.43. The number of rotatable bonds is 6. The van der Waals surface area contributed by atoms with Crippen molar-refractivity contribution >= 4 is 5.69 Å². The Balaban J connectivity index is 1.89. The summed E-state index contributed by atoms with van der Waals surface area (Å²) in [5.74, 6) is 1.41. The molecule has 0 aliphatic carbocycles. The molecule has 0 saturated heterocycles. The molecule has 1 atom stereocenters. The number of hydrogen-bond acceptors (Lipinski definition) is 6. The molecule has 1 aliphatic rings. The maximum absolute atomic E-state index is 13.8.